The van der Waals surface area contributed by atoms with Crippen LogP contribution in [0, 0.1) is 6.92 Å². The Morgan fingerprint density at radius 2 is 1.80 bits per heavy atom. The molecule has 9 heteroatoms. The van der Waals surface area contributed by atoms with Crippen LogP contribution in [0.3, 0.4) is 0 Å². The Morgan fingerprint density at radius 1 is 1.07 bits per heavy atom. The minimum atomic E-state index is -0.635. The van der Waals surface area contributed by atoms with Crippen molar-refractivity contribution in [3.8, 4) is 0 Å². The van der Waals surface area contributed by atoms with E-state index in [1.165, 1.54) is 6.07 Å². The average molecular weight is 492 g/mol. The normalized spacial score (nSPS) is 10.5. The standard InChI is InChI=1S/C21H18BrNO6S/c1-3-27-20(25)16-12(2)17(21(26)28-11-13-7-5-4-6-8-13)30-19(16)23-18(24)14-9-10-15(22)29-14/h4-10H,3,11H2,1-2H3,(H,23,24). The van der Waals surface area contributed by atoms with Crippen LogP contribution >= 0.6 is 27.3 Å². The fourth-order valence-electron chi connectivity index (χ4n) is 2.63. The van der Waals surface area contributed by atoms with Crippen LogP contribution in [0.4, 0.5) is 5.00 Å². The molecule has 0 bridgehead atoms. The smallest absolute Gasteiger partial charge is 0.349 e. The van der Waals surface area contributed by atoms with Crippen LogP contribution in [0.15, 0.2) is 51.6 Å². The second-order valence-corrected chi connectivity index (χ2v) is 7.90. The van der Waals surface area contributed by atoms with Gasteiger partial charge in [-0.3, -0.25) is 4.79 Å². The summed E-state index contributed by atoms with van der Waals surface area (Å²) < 4.78 is 16.1. The number of carbonyl (C=O) groups is 3. The fraction of sp³-hybridized carbons (Fsp3) is 0.190. The Morgan fingerprint density at radius 3 is 2.43 bits per heavy atom. The predicted octanol–water partition coefficient (Wildman–Crippen LogP) is 5.20. The van der Waals surface area contributed by atoms with Crippen LogP contribution in [-0.4, -0.2) is 24.5 Å². The first-order valence-corrected chi connectivity index (χ1v) is 10.6. The summed E-state index contributed by atoms with van der Waals surface area (Å²) in [5.41, 5.74) is 1.34. The van der Waals surface area contributed by atoms with E-state index in [1.54, 1.807) is 19.9 Å². The highest BCUT2D eigenvalue weighted by Gasteiger charge is 2.28. The summed E-state index contributed by atoms with van der Waals surface area (Å²) in [7, 11) is 0. The number of hydrogen-bond acceptors (Lipinski definition) is 7. The van der Waals surface area contributed by atoms with Gasteiger partial charge in [-0.15, -0.1) is 11.3 Å². The fourth-order valence-corrected chi connectivity index (χ4v) is 4.03. The third kappa shape index (κ3) is 4.98. The Kier molecular flexibility index (Phi) is 7.07. The molecule has 0 aliphatic carbocycles. The number of amides is 1. The van der Waals surface area contributed by atoms with Gasteiger partial charge in [0.05, 0.1) is 12.2 Å². The molecule has 7 nitrogen and oxygen atoms in total. The lowest BCUT2D eigenvalue weighted by molar-refractivity contribution is 0.0477. The summed E-state index contributed by atoms with van der Waals surface area (Å²) in [4.78, 5) is 37.8. The average Bonchev–Trinajstić information content (AvgIpc) is 3.30. The van der Waals surface area contributed by atoms with Gasteiger partial charge in [0.2, 0.25) is 0 Å². The topological polar surface area (TPSA) is 94.8 Å². The predicted molar refractivity (Wildman–Crippen MR) is 115 cm³/mol. The molecule has 0 radical (unpaired) electrons. The number of nitrogens with one attached hydrogen (secondary N) is 1. The number of esters is 2. The van der Waals surface area contributed by atoms with Gasteiger partial charge in [0.15, 0.2) is 10.4 Å². The maximum absolute atomic E-state index is 12.6. The van der Waals surface area contributed by atoms with Crippen LogP contribution in [0.25, 0.3) is 0 Å². The van der Waals surface area contributed by atoms with Gasteiger partial charge >= 0.3 is 11.9 Å². The van der Waals surface area contributed by atoms with Gasteiger partial charge in [0, 0.05) is 0 Å². The van der Waals surface area contributed by atoms with E-state index in [4.69, 9.17) is 13.9 Å². The number of ether oxygens (including phenoxy) is 2. The Hall–Kier alpha value is -2.91. The lowest BCUT2D eigenvalue weighted by Gasteiger charge is -2.06. The maximum atomic E-state index is 12.6. The van der Waals surface area contributed by atoms with Gasteiger partial charge in [0.25, 0.3) is 5.91 Å². The SMILES string of the molecule is CCOC(=O)c1c(NC(=O)c2ccc(Br)o2)sc(C(=O)OCc2ccccc2)c1C. The van der Waals surface area contributed by atoms with Crippen molar-refractivity contribution in [1.29, 1.82) is 0 Å². The molecule has 0 unspecified atom stereocenters. The lowest BCUT2D eigenvalue weighted by Crippen LogP contribution is -2.14. The number of thiophene rings is 1. The summed E-state index contributed by atoms with van der Waals surface area (Å²) >= 11 is 4.09. The van der Waals surface area contributed by atoms with Gasteiger partial charge in [-0.25, -0.2) is 9.59 Å². The van der Waals surface area contributed by atoms with E-state index in [-0.39, 0.29) is 34.4 Å². The van der Waals surface area contributed by atoms with E-state index in [9.17, 15) is 14.4 Å². The molecule has 0 saturated heterocycles. The number of furan rings is 1. The minimum absolute atomic E-state index is 0.0518. The number of rotatable bonds is 7. The summed E-state index contributed by atoms with van der Waals surface area (Å²) in [5.74, 6) is -1.73. The summed E-state index contributed by atoms with van der Waals surface area (Å²) in [6, 6.07) is 12.3. The van der Waals surface area contributed by atoms with Crippen molar-refractivity contribution < 1.29 is 28.3 Å². The van der Waals surface area contributed by atoms with E-state index in [2.05, 4.69) is 21.2 Å². The molecule has 1 aromatic carbocycles. The van der Waals surface area contributed by atoms with E-state index in [0.29, 0.717) is 10.2 Å². The van der Waals surface area contributed by atoms with Gasteiger partial charge in [-0.05, 0) is 53.0 Å². The van der Waals surface area contributed by atoms with Crippen LogP contribution in [-0.2, 0) is 16.1 Å². The first-order chi connectivity index (χ1) is 14.4. The molecule has 2 aromatic heterocycles. The molecule has 2 heterocycles. The molecule has 156 valence electrons. The Labute approximate surface area is 185 Å². The largest absolute Gasteiger partial charge is 0.462 e. The van der Waals surface area contributed by atoms with E-state index >= 15 is 0 Å². The lowest BCUT2D eigenvalue weighted by atomic mass is 10.1. The van der Waals surface area contributed by atoms with Crippen molar-refractivity contribution in [3.05, 3.63) is 74.5 Å². The zero-order chi connectivity index (χ0) is 21.7. The summed E-state index contributed by atoms with van der Waals surface area (Å²) in [5, 5.41) is 2.82. The van der Waals surface area contributed by atoms with Crippen LogP contribution < -0.4 is 5.32 Å². The quantitative estimate of drug-likeness (QED) is 0.456. The molecule has 0 fully saturated rings. The monoisotopic (exact) mass is 491 g/mol. The number of benzene rings is 1. The maximum Gasteiger partial charge on any atom is 0.349 e. The minimum Gasteiger partial charge on any atom is -0.462 e. The molecule has 0 saturated carbocycles. The molecule has 0 atom stereocenters. The number of halogens is 1. The molecular weight excluding hydrogens is 474 g/mol. The zero-order valence-electron chi connectivity index (χ0n) is 16.2. The molecule has 0 spiro atoms. The molecule has 3 rings (SSSR count). The second kappa shape index (κ2) is 9.73. The third-order valence-corrected chi connectivity index (χ3v) is 5.66. The van der Waals surface area contributed by atoms with Crippen LogP contribution in [0.2, 0.25) is 0 Å². The van der Waals surface area contributed by atoms with Crippen molar-refractivity contribution >= 4 is 50.1 Å². The van der Waals surface area contributed by atoms with Gasteiger partial charge in [-0.1, -0.05) is 30.3 Å². The molecule has 1 amide bonds. The molecule has 1 N–H and O–H groups in total. The highest BCUT2D eigenvalue weighted by Crippen LogP contribution is 2.35. The van der Waals surface area contributed by atoms with Crippen molar-refractivity contribution in [2.45, 2.75) is 20.5 Å². The Bertz CT molecular complexity index is 1070. The zero-order valence-corrected chi connectivity index (χ0v) is 18.6. The summed E-state index contributed by atoms with van der Waals surface area (Å²) in [6.45, 7) is 3.53. The first-order valence-electron chi connectivity index (χ1n) is 8.99. The van der Waals surface area contributed by atoms with Gasteiger partial charge in [-0.2, -0.15) is 0 Å². The van der Waals surface area contributed by atoms with Crippen molar-refractivity contribution in [3.63, 3.8) is 0 Å². The third-order valence-electron chi connectivity index (χ3n) is 4.05. The van der Waals surface area contributed by atoms with Gasteiger partial charge in [0.1, 0.15) is 16.5 Å². The highest BCUT2D eigenvalue weighted by molar-refractivity contribution is 9.10. The first kappa shape index (κ1) is 21.8. The molecular formula is C21H18BrNO6S. The van der Waals surface area contributed by atoms with Crippen LogP contribution in [0.5, 0.6) is 0 Å². The van der Waals surface area contributed by atoms with E-state index < -0.39 is 17.8 Å². The van der Waals surface area contributed by atoms with E-state index in [1.807, 2.05) is 30.3 Å². The van der Waals surface area contributed by atoms with E-state index in [0.717, 1.165) is 16.9 Å². The second-order valence-electron chi connectivity index (χ2n) is 6.10. The van der Waals surface area contributed by atoms with Crippen molar-refractivity contribution in [2.24, 2.45) is 0 Å². The number of carbonyl (C=O) groups excluding carboxylic acids is 3. The highest BCUT2D eigenvalue weighted by atomic mass is 79.9. The summed E-state index contributed by atoms with van der Waals surface area (Å²) in [6.07, 6.45) is 0. The molecule has 3 aromatic rings. The Balaban J connectivity index is 1.86. The molecule has 0 aliphatic rings. The van der Waals surface area contributed by atoms with Crippen molar-refractivity contribution in [1.82, 2.24) is 0 Å². The number of anilines is 1. The molecule has 0 aliphatic heterocycles. The van der Waals surface area contributed by atoms with Crippen LogP contribution in [0.1, 0.15) is 48.6 Å². The van der Waals surface area contributed by atoms with Gasteiger partial charge < -0.3 is 19.2 Å². The van der Waals surface area contributed by atoms with Crippen molar-refractivity contribution in [2.75, 3.05) is 11.9 Å². The number of hydrogen-bond donors (Lipinski definition) is 1. The molecule has 30 heavy (non-hydrogen) atoms.